The van der Waals surface area contributed by atoms with Gasteiger partial charge in [0.2, 0.25) is 6.79 Å². The number of fused-ring (bicyclic) bond motifs is 1. The van der Waals surface area contributed by atoms with Gasteiger partial charge in [0.15, 0.2) is 17.5 Å². The summed E-state index contributed by atoms with van der Waals surface area (Å²) in [4.78, 5) is 4.66. The fraction of sp³-hybridized carbons (Fsp3) is 0.500. The van der Waals surface area contributed by atoms with Gasteiger partial charge in [0.25, 0.3) is 0 Å². The first-order valence-electron chi connectivity index (χ1n) is 9.57. The number of nitrogens with one attached hydrogen (secondary N) is 2. The van der Waals surface area contributed by atoms with Crippen molar-refractivity contribution in [3.05, 3.63) is 41.2 Å². The van der Waals surface area contributed by atoms with Crippen molar-refractivity contribution in [2.75, 3.05) is 26.4 Å². The topological polar surface area (TPSA) is 72.7 Å². The van der Waals surface area contributed by atoms with Crippen LogP contribution in [0.15, 0.2) is 29.3 Å². The van der Waals surface area contributed by atoms with Gasteiger partial charge in [0.1, 0.15) is 0 Å². The zero-order valence-electron chi connectivity index (χ0n) is 16.8. The van der Waals surface area contributed by atoms with Gasteiger partial charge in [-0.1, -0.05) is 6.07 Å². The van der Waals surface area contributed by atoms with Crippen LogP contribution in [-0.2, 0) is 13.0 Å². The Kier molecular flexibility index (Phi) is 8.88. The van der Waals surface area contributed by atoms with Crippen LogP contribution in [0.5, 0.6) is 11.5 Å². The molecule has 1 aromatic heterocycles. The van der Waals surface area contributed by atoms with E-state index in [-0.39, 0.29) is 24.0 Å². The summed E-state index contributed by atoms with van der Waals surface area (Å²) in [6.45, 7) is 9.80. The second-order valence-corrected chi connectivity index (χ2v) is 6.63. The number of ether oxygens (including phenoxy) is 2. The van der Waals surface area contributed by atoms with Gasteiger partial charge in [-0.15, -0.1) is 24.0 Å². The predicted octanol–water partition coefficient (Wildman–Crippen LogP) is 3.03. The first-order chi connectivity index (χ1) is 13.2. The van der Waals surface area contributed by atoms with Crippen LogP contribution in [0.2, 0.25) is 0 Å². The van der Waals surface area contributed by atoms with Gasteiger partial charge >= 0.3 is 0 Å². The first kappa shape index (κ1) is 22.3. The Hall–Kier alpha value is -1.97. The van der Waals surface area contributed by atoms with Gasteiger partial charge in [0, 0.05) is 31.9 Å². The van der Waals surface area contributed by atoms with Crippen molar-refractivity contribution < 1.29 is 9.47 Å². The van der Waals surface area contributed by atoms with Crippen molar-refractivity contribution in [3.63, 3.8) is 0 Å². The molecule has 0 saturated carbocycles. The monoisotopic (exact) mass is 499 g/mol. The molecule has 0 saturated heterocycles. The number of hydrogen-bond acceptors (Lipinski definition) is 4. The second kappa shape index (κ2) is 11.1. The first-order valence-corrected chi connectivity index (χ1v) is 9.57. The normalized spacial score (nSPS) is 12.6. The highest BCUT2D eigenvalue weighted by molar-refractivity contribution is 14.0. The van der Waals surface area contributed by atoms with E-state index in [2.05, 4.69) is 46.7 Å². The largest absolute Gasteiger partial charge is 0.454 e. The molecule has 7 nitrogen and oxygen atoms in total. The second-order valence-electron chi connectivity index (χ2n) is 6.63. The Balaban J connectivity index is 0.00000280. The number of aromatic nitrogens is 2. The Bertz CT molecular complexity index is 791. The maximum absolute atomic E-state index is 5.43. The lowest BCUT2D eigenvalue weighted by atomic mass is 10.1. The number of guanidine groups is 1. The van der Waals surface area contributed by atoms with E-state index in [1.165, 1.54) is 11.3 Å². The number of aliphatic imine (C=N–C) groups is 1. The zero-order chi connectivity index (χ0) is 19.1. The van der Waals surface area contributed by atoms with Crippen molar-refractivity contribution in [3.8, 4) is 11.5 Å². The zero-order valence-corrected chi connectivity index (χ0v) is 19.2. The third kappa shape index (κ3) is 6.29. The molecule has 3 rings (SSSR count). The summed E-state index contributed by atoms with van der Waals surface area (Å²) < 4.78 is 12.8. The Labute approximate surface area is 183 Å². The molecule has 0 unspecified atom stereocenters. The van der Waals surface area contributed by atoms with Crippen LogP contribution in [0, 0.1) is 13.8 Å². The van der Waals surface area contributed by atoms with Crippen molar-refractivity contribution in [1.29, 1.82) is 0 Å². The van der Waals surface area contributed by atoms with E-state index in [4.69, 9.17) is 9.47 Å². The molecule has 1 aliphatic rings. The molecular formula is C20H30IN5O2. The molecule has 0 radical (unpaired) electrons. The van der Waals surface area contributed by atoms with Crippen LogP contribution in [0.25, 0.3) is 0 Å². The molecule has 2 aromatic rings. The number of halogens is 1. The fourth-order valence-corrected chi connectivity index (χ4v) is 3.08. The highest BCUT2D eigenvalue weighted by atomic mass is 127. The van der Waals surface area contributed by atoms with Gasteiger partial charge in [-0.05, 0) is 57.4 Å². The highest BCUT2D eigenvalue weighted by Gasteiger charge is 2.12. The quantitative estimate of drug-likeness (QED) is 0.253. The van der Waals surface area contributed by atoms with Crippen LogP contribution in [-0.4, -0.2) is 42.2 Å². The molecule has 0 fully saturated rings. The number of nitrogens with zero attached hydrogens (tertiary/aromatic N) is 3. The average molecular weight is 499 g/mol. The number of benzene rings is 1. The van der Waals surface area contributed by atoms with Crippen molar-refractivity contribution in [2.45, 2.75) is 40.2 Å². The Morgan fingerprint density at radius 3 is 2.75 bits per heavy atom. The van der Waals surface area contributed by atoms with Crippen LogP contribution in [0.3, 0.4) is 0 Å². The highest BCUT2D eigenvalue weighted by Crippen LogP contribution is 2.32. The van der Waals surface area contributed by atoms with Crippen LogP contribution < -0.4 is 20.1 Å². The molecule has 0 spiro atoms. The number of rotatable bonds is 8. The SMILES string of the molecule is CCNC(=NCCCn1nc(C)cc1C)NCCc1ccc2c(c1)OCO2.I. The maximum atomic E-state index is 5.43. The molecule has 8 heteroatoms. The lowest BCUT2D eigenvalue weighted by molar-refractivity contribution is 0.174. The van der Waals surface area contributed by atoms with Gasteiger partial charge in [-0.2, -0.15) is 5.10 Å². The number of hydrogen-bond donors (Lipinski definition) is 2. The lowest BCUT2D eigenvalue weighted by Gasteiger charge is -2.11. The van der Waals surface area contributed by atoms with E-state index in [0.717, 1.165) is 62.2 Å². The molecule has 2 N–H and O–H groups in total. The van der Waals surface area contributed by atoms with E-state index in [1.807, 2.05) is 23.7 Å². The molecule has 28 heavy (non-hydrogen) atoms. The summed E-state index contributed by atoms with van der Waals surface area (Å²) in [6.07, 6.45) is 1.85. The van der Waals surface area contributed by atoms with Crippen LogP contribution in [0.1, 0.15) is 30.3 Å². The lowest BCUT2D eigenvalue weighted by Crippen LogP contribution is -2.38. The molecule has 1 aliphatic heterocycles. The molecule has 0 bridgehead atoms. The van der Waals surface area contributed by atoms with Gasteiger partial charge in [0.05, 0.1) is 5.69 Å². The number of aryl methyl sites for hydroxylation is 3. The van der Waals surface area contributed by atoms with E-state index in [1.54, 1.807) is 0 Å². The minimum atomic E-state index is 0. The third-order valence-electron chi connectivity index (χ3n) is 4.39. The summed E-state index contributed by atoms with van der Waals surface area (Å²) in [5, 5.41) is 11.2. The Morgan fingerprint density at radius 1 is 1.18 bits per heavy atom. The van der Waals surface area contributed by atoms with Crippen molar-refractivity contribution in [1.82, 2.24) is 20.4 Å². The minimum absolute atomic E-state index is 0. The van der Waals surface area contributed by atoms with E-state index >= 15 is 0 Å². The fourth-order valence-electron chi connectivity index (χ4n) is 3.08. The summed E-state index contributed by atoms with van der Waals surface area (Å²) >= 11 is 0. The molecule has 154 valence electrons. The third-order valence-corrected chi connectivity index (χ3v) is 4.39. The molecule has 0 aliphatic carbocycles. The van der Waals surface area contributed by atoms with Crippen molar-refractivity contribution >= 4 is 29.9 Å². The summed E-state index contributed by atoms with van der Waals surface area (Å²) in [5.41, 5.74) is 3.48. The van der Waals surface area contributed by atoms with Gasteiger partial charge in [-0.25, -0.2) is 0 Å². The summed E-state index contributed by atoms with van der Waals surface area (Å²) in [6, 6.07) is 8.19. The maximum Gasteiger partial charge on any atom is 0.231 e. The minimum Gasteiger partial charge on any atom is -0.454 e. The molecule has 2 heterocycles. The van der Waals surface area contributed by atoms with Gasteiger partial charge < -0.3 is 20.1 Å². The summed E-state index contributed by atoms with van der Waals surface area (Å²) in [7, 11) is 0. The van der Waals surface area contributed by atoms with E-state index in [0.29, 0.717) is 6.79 Å². The molecule has 1 aromatic carbocycles. The molecule has 0 amide bonds. The predicted molar refractivity (Wildman–Crippen MR) is 122 cm³/mol. The molecular weight excluding hydrogens is 469 g/mol. The van der Waals surface area contributed by atoms with Gasteiger partial charge in [-0.3, -0.25) is 9.67 Å². The smallest absolute Gasteiger partial charge is 0.231 e. The van der Waals surface area contributed by atoms with Crippen LogP contribution >= 0.6 is 24.0 Å². The molecule has 0 atom stereocenters. The van der Waals surface area contributed by atoms with Crippen molar-refractivity contribution in [2.24, 2.45) is 4.99 Å². The Morgan fingerprint density at radius 2 is 2.00 bits per heavy atom. The summed E-state index contributed by atoms with van der Waals surface area (Å²) in [5.74, 6) is 2.51. The van der Waals surface area contributed by atoms with Crippen LogP contribution in [0.4, 0.5) is 0 Å². The van der Waals surface area contributed by atoms with E-state index < -0.39 is 0 Å². The standard InChI is InChI=1S/C20H29N5O2.HI/c1-4-21-20(22-9-5-11-25-16(3)12-15(2)24-25)23-10-8-17-6-7-18-19(13-17)27-14-26-18;/h6-7,12-13H,4-5,8-11,14H2,1-3H3,(H2,21,22,23);1H. The van der Waals surface area contributed by atoms with E-state index in [9.17, 15) is 0 Å². The average Bonchev–Trinajstić information content (AvgIpc) is 3.24.